The van der Waals surface area contributed by atoms with Gasteiger partial charge in [0.25, 0.3) is 0 Å². The van der Waals surface area contributed by atoms with Gasteiger partial charge in [0, 0.05) is 38.0 Å². The fourth-order valence-corrected chi connectivity index (χ4v) is 4.40. The lowest BCUT2D eigenvalue weighted by atomic mass is 9.69. The minimum atomic E-state index is -0.0214. The van der Waals surface area contributed by atoms with Crippen LogP contribution in [0.25, 0.3) is 0 Å². The van der Waals surface area contributed by atoms with Crippen LogP contribution < -0.4 is 14.8 Å². The van der Waals surface area contributed by atoms with E-state index in [9.17, 15) is 4.79 Å². The zero-order valence-corrected chi connectivity index (χ0v) is 17.3. The van der Waals surface area contributed by atoms with E-state index < -0.39 is 0 Å². The third kappa shape index (κ3) is 5.17. The van der Waals surface area contributed by atoms with Gasteiger partial charge in [-0.25, -0.2) is 0 Å². The number of ether oxygens (including phenoxy) is 3. The number of carbonyl (C=O) groups is 1. The molecule has 0 unspecified atom stereocenters. The quantitative estimate of drug-likeness (QED) is 0.740. The average Bonchev–Trinajstić information content (AvgIpc) is 2.77. The summed E-state index contributed by atoms with van der Waals surface area (Å²) < 4.78 is 16.3. The fraction of sp³-hybridized carbons (Fsp3) is 0.682. The second-order valence-electron chi connectivity index (χ2n) is 7.89. The van der Waals surface area contributed by atoms with E-state index in [-0.39, 0.29) is 11.3 Å². The smallest absolute Gasteiger partial charge is 0.221 e. The summed E-state index contributed by atoms with van der Waals surface area (Å²) >= 11 is 0. The lowest BCUT2D eigenvalue weighted by Gasteiger charge is -2.38. The molecule has 3 rings (SSSR count). The summed E-state index contributed by atoms with van der Waals surface area (Å²) in [7, 11) is 3.32. The molecule has 1 aliphatic heterocycles. The van der Waals surface area contributed by atoms with Crippen molar-refractivity contribution >= 4 is 5.91 Å². The van der Waals surface area contributed by atoms with Gasteiger partial charge in [-0.3, -0.25) is 9.69 Å². The number of rotatable bonds is 8. The van der Waals surface area contributed by atoms with Crippen molar-refractivity contribution < 1.29 is 19.0 Å². The summed E-state index contributed by atoms with van der Waals surface area (Å²) in [5.74, 6) is 1.63. The van der Waals surface area contributed by atoms with Crippen LogP contribution >= 0.6 is 0 Å². The summed E-state index contributed by atoms with van der Waals surface area (Å²) in [6.07, 6.45) is 6.37. The van der Waals surface area contributed by atoms with Crippen molar-refractivity contribution in [1.29, 1.82) is 0 Å². The number of hydrogen-bond donors (Lipinski definition) is 1. The molecule has 1 saturated carbocycles. The highest BCUT2D eigenvalue weighted by Gasteiger charge is 2.35. The SMILES string of the molecule is COc1ccc(C2(CNC(=O)CCN3CCOCC3)CCCCC2)cc1OC. The Hall–Kier alpha value is -1.79. The van der Waals surface area contributed by atoms with Crippen LogP contribution in [0.2, 0.25) is 0 Å². The molecule has 1 heterocycles. The number of carbonyl (C=O) groups excluding carboxylic acids is 1. The second-order valence-corrected chi connectivity index (χ2v) is 7.89. The first-order valence-corrected chi connectivity index (χ1v) is 10.5. The molecule has 6 heteroatoms. The second kappa shape index (κ2) is 10.1. The Kier molecular flexibility index (Phi) is 7.57. The van der Waals surface area contributed by atoms with Gasteiger partial charge in [-0.2, -0.15) is 0 Å². The highest BCUT2D eigenvalue weighted by atomic mass is 16.5. The Morgan fingerprint density at radius 3 is 2.50 bits per heavy atom. The molecule has 0 radical (unpaired) electrons. The van der Waals surface area contributed by atoms with Crippen molar-refractivity contribution in [1.82, 2.24) is 10.2 Å². The van der Waals surface area contributed by atoms with E-state index in [1.807, 2.05) is 6.07 Å². The van der Waals surface area contributed by atoms with Crippen LogP contribution in [0, 0.1) is 0 Å². The molecule has 1 aromatic carbocycles. The molecule has 2 aliphatic rings. The predicted molar refractivity (Wildman–Crippen MR) is 109 cm³/mol. The average molecular weight is 391 g/mol. The molecule has 1 aliphatic carbocycles. The number of nitrogens with zero attached hydrogens (tertiary/aromatic N) is 1. The van der Waals surface area contributed by atoms with Gasteiger partial charge < -0.3 is 19.5 Å². The minimum Gasteiger partial charge on any atom is -0.493 e. The fourth-order valence-electron chi connectivity index (χ4n) is 4.40. The van der Waals surface area contributed by atoms with Crippen molar-refractivity contribution in [2.75, 3.05) is 53.6 Å². The molecular weight excluding hydrogens is 356 g/mol. The van der Waals surface area contributed by atoms with Crippen LogP contribution in [0.15, 0.2) is 18.2 Å². The normalized spacial score (nSPS) is 19.8. The molecule has 6 nitrogen and oxygen atoms in total. The number of methoxy groups -OCH3 is 2. The third-order valence-electron chi connectivity index (χ3n) is 6.19. The van der Waals surface area contributed by atoms with Gasteiger partial charge in [0.1, 0.15) is 0 Å². The molecule has 156 valence electrons. The van der Waals surface area contributed by atoms with Crippen molar-refractivity contribution in [3.8, 4) is 11.5 Å². The Morgan fingerprint density at radius 2 is 1.82 bits per heavy atom. The first-order chi connectivity index (χ1) is 13.7. The van der Waals surface area contributed by atoms with E-state index >= 15 is 0 Å². The van der Waals surface area contributed by atoms with Crippen LogP contribution in [0.3, 0.4) is 0 Å². The Balaban J connectivity index is 1.63. The van der Waals surface area contributed by atoms with Crippen LogP contribution in [-0.2, 0) is 14.9 Å². The minimum absolute atomic E-state index is 0.0214. The molecule has 1 N–H and O–H groups in total. The number of nitrogens with one attached hydrogen (secondary N) is 1. The number of morpholine rings is 1. The predicted octanol–water partition coefficient (Wildman–Crippen LogP) is 2.74. The molecular formula is C22H34N2O4. The van der Waals surface area contributed by atoms with E-state index in [1.54, 1.807) is 14.2 Å². The zero-order valence-electron chi connectivity index (χ0n) is 17.3. The molecule has 2 fully saturated rings. The van der Waals surface area contributed by atoms with Crippen LogP contribution in [0.1, 0.15) is 44.1 Å². The maximum absolute atomic E-state index is 12.5. The lowest BCUT2D eigenvalue weighted by Crippen LogP contribution is -2.43. The number of amides is 1. The maximum atomic E-state index is 12.5. The van der Waals surface area contributed by atoms with Crippen LogP contribution in [0.5, 0.6) is 11.5 Å². The van der Waals surface area contributed by atoms with Crippen LogP contribution in [-0.4, -0.2) is 64.4 Å². The topological polar surface area (TPSA) is 60.0 Å². The molecule has 1 saturated heterocycles. The summed E-state index contributed by atoms with van der Waals surface area (Å²) in [4.78, 5) is 14.8. The monoisotopic (exact) mass is 390 g/mol. The van der Waals surface area contributed by atoms with Gasteiger partial charge in [0.15, 0.2) is 11.5 Å². The summed E-state index contributed by atoms with van der Waals surface area (Å²) in [5.41, 5.74) is 1.21. The molecule has 28 heavy (non-hydrogen) atoms. The molecule has 0 aromatic heterocycles. The van der Waals surface area contributed by atoms with Crippen LogP contribution in [0.4, 0.5) is 0 Å². The van der Waals surface area contributed by atoms with Crippen molar-refractivity contribution in [2.45, 2.75) is 43.9 Å². The number of hydrogen-bond acceptors (Lipinski definition) is 5. The molecule has 0 bridgehead atoms. The van der Waals surface area contributed by atoms with E-state index in [0.717, 1.165) is 57.2 Å². The summed E-state index contributed by atoms with van der Waals surface area (Å²) in [6.45, 7) is 4.86. The first-order valence-electron chi connectivity index (χ1n) is 10.5. The third-order valence-corrected chi connectivity index (χ3v) is 6.19. The molecule has 1 amide bonds. The Morgan fingerprint density at radius 1 is 1.11 bits per heavy atom. The Labute approximate surface area is 168 Å². The maximum Gasteiger partial charge on any atom is 0.221 e. The van der Waals surface area contributed by atoms with Crippen molar-refractivity contribution in [3.05, 3.63) is 23.8 Å². The van der Waals surface area contributed by atoms with Gasteiger partial charge >= 0.3 is 0 Å². The lowest BCUT2D eigenvalue weighted by molar-refractivity contribution is -0.122. The summed E-state index contributed by atoms with van der Waals surface area (Å²) in [5, 5.41) is 3.23. The highest BCUT2D eigenvalue weighted by molar-refractivity contribution is 5.76. The van der Waals surface area contributed by atoms with Gasteiger partial charge in [0.05, 0.1) is 27.4 Å². The van der Waals surface area contributed by atoms with Gasteiger partial charge in [0.2, 0.25) is 5.91 Å². The van der Waals surface area contributed by atoms with Gasteiger partial charge in [-0.05, 0) is 30.5 Å². The zero-order chi connectivity index (χ0) is 19.8. The largest absolute Gasteiger partial charge is 0.493 e. The molecule has 0 atom stereocenters. The van der Waals surface area contributed by atoms with E-state index in [2.05, 4.69) is 22.3 Å². The van der Waals surface area contributed by atoms with Crippen molar-refractivity contribution in [2.24, 2.45) is 0 Å². The van der Waals surface area contributed by atoms with Crippen molar-refractivity contribution in [3.63, 3.8) is 0 Å². The van der Waals surface area contributed by atoms with Gasteiger partial charge in [-0.1, -0.05) is 25.3 Å². The van der Waals surface area contributed by atoms with Gasteiger partial charge in [-0.15, -0.1) is 0 Å². The Bertz CT molecular complexity index is 637. The van der Waals surface area contributed by atoms with E-state index in [0.29, 0.717) is 13.0 Å². The number of benzene rings is 1. The molecule has 0 spiro atoms. The van der Waals surface area contributed by atoms with E-state index in [4.69, 9.17) is 14.2 Å². The first kappa shape index (κ1) is 20.9. The molecule has 1 aromatic rings. The highest BCUT2D eigenvalue weighted by Crippen LogP contribution is 2.42. The van der Waals surface area contributed by atoms with E-state index in [1.165, 1.54) is 24.8 Å². The standard InChI is InChI=1S/C22H34N2O4/c1-26-19-7-6-18(16-20(19)27-2)22(9-4-3-5-10-22)17-23-21(25)8-11-24-12-14-28-15-13-24/h6-7,16H,3-5,8-15,17H2,1-2H3,(H,23,25). The summed E-state index contributed by atoms with van der Waals surface area (Å²) in [6, 6.07) is 6.20.